The molecule has 2 aliphatic carbocycles. The lowest BCUT2D eigenvalue weighted by Crippen LogP contribution is -2.10. The van der Waals surface area contributed by atoms with E-state index in [4.69, 9.17) is 0 Å². The molecule has 0 fully saturated rings. The third kappa shape index (κ3) is 3.58. The number of carbonyl (C=O) groups is 1. The second kappa shape index (κ2) is 7.72. The third-order valence-electron chi connectivity index (χ3n) is 6.01. The first-order chi connectivity index (χ1) is 13.2. The van der Waals surface area contributed by atoms with Gasteiger partial charge in [-0.25, -0.2) is 4.79 Å². The number of hydrogen-bond donors (Lipinski definition) is 1. The summed E-state index contributed by atoms with van der Waals surface area (Å²) in [4.78, 5) is 11.4. The van der Waals surface area contributed by atoms with E-state index in [0.717, 1.165) is 17.5 Å². The van der Waals surface area contributed by atoms with Crippen molar-refractivity contribution in [2.75, 3.05) is 0 Å². The van der Waals surface area contributed by atoms with Crippen molar-refractivity contribution in [2.24, 2.45) is 0 Å². The summed E-state index contributed by atoms with van der Waals surface area (Å²) in [6.45, 7) is 2.26. The lowest BCUT2D eigenvalue weighted by atomic mass is 9.80. The van der Waals surface area contributed by atoms with Gasteiger partial charge in [0.05, 0.1) is 0 Å². The lowest BCUT2D eigenvalue weighted by molar-refractivity contribution is -0.132. The Hall–Kier alpha value is -2.35. The maximum Gasteiger partial charge on any atom is 0.331 e. The van der Waals surface area contributed by atoms with E-state index in [1.807, 2.05) is 6.08 Å². The summed E-state index contributed by atoms with van der Waals surface area (Å²) in [7, 11) is 0. The zero-order chi connectivity index (χ0) is 18.8. The van der Waals surface area contributed by atoms with Crippen molar-refractivity contribution in [3.8, 4) is 0 Å². The first-order valence-corrected chi connectivity index (χ1v) is 10.4. The molecule has 2 aromatic rings. The SMILES string of the molecule is CCCCCCCCC1=Cc2ccc3c4c(ccc(c24)C1)C=C(C(=O)O)C3. The quantitative estimate of drug-likeness (QED) is 0.542. The van der Waals surface area contributed by atoms with Crippen LogP contribution in [0.25, 0.3) is 22.9 Å². The average molecular weight is 360 g/mol. The Morgan fingerprint density at radius 3 is 2.19 bits per heavy atom. The second-order valence-electron chi connectivity index (χ2n) is 8.03. The molecule has 2 aromatic carbocycles. The Balaban J connectivity index is 1.58. The van der Waals surface area contributed by atoms with E-state index >= 15 is 0 Å². The molecular weight excluding hydrogens is 332 g/mol. The summed E-state index contributed by atoms with van der Waals surface area (Å²) in [6, 6.07) is 8.64. The van der Waals surface area contributed by atoms with E-state index in [-0.39, 0.29) is 0 Å². The fraction of sp³-hybridized carbons (Fsp3) is 0.400. The van der Waals surface area contributed by atoms with Crippen molar-refractivity contribution in [3.05, 3.63) is 57.7 Å². The van der Waals surface area contributed by atoms with Crippen LogP contribution in [0.4, 0.5) is 0 Å². The summed E-state index contributed by atoms with van der Waals surface area (Å²) in [5.41, 5.74) is 6.95. The summed E-state index contributed by atoms with van der Waals surface area (Å²) in [6.07, 6.45) is 15.0. The summed E-state index contributed by atoms with van der Waals surface area (Å²) >= 11 is 0. The van der Waals surface area contributed by atoms with Gasteiger partial charge in [-0.15, -0.1) is 0 Å². The molecule has 2 aliphatic rings. The first-order valence-electron chi connectivity index (χ1n) is 10.4. The highest BCUT2D eigenvalue weighted by Gasteiger charge is 2.22. The van der Waals surface area contributed by atoms with E-state index in [1.54, 1.807) is 5.57 Å². The van der Waals surface area contributed by atoms with Gasteiger partial charge in [-0.3, -0.25) is 0 Å². The van der Waals surface area contributed by atoms with Crippen LogP contribution < -0.4 is 0 Å². The molecule has 0 bridgehead atoms. The summed E-state index contributed by atoms with van der Waals surface area (Å²) < 4.78 is 0. The standard InChI is InChI=1S/C25H28O2/c1-2-3-4-5-6-7-8-17-13-18-9-11-20-15-22(25(26)27)16-21-12-10-19(14-17)23(18)24(20)21/h9-13,16H,2-8,14-15H2,1H3,(H,26,27). The molecule has 0 spiro atoms. The van der Waals surface area contributed by atoms with E-state index in [1.165, 1.54) is 66.8 Å². The lowest BCUT2D eigenvalue weighted by Gasteiger charge is -2.23. The minimum absolute atomic E-state index is 0.487. The highest BCUT2D eigenvalue weighted by atomic mass is 16.4. The number of carboxylic acid groups (broad SMARTS) is 1. The number of aliphatic carboxylic acids is 1. The van der Waals surface area contributed by atoms with Crippen LogP contribution in [0.5, 0.6) is 0 Å². The minimum Gasteiger partial charge on any atom is -0.478 e. The van der Waals surface area contributed by atoms with Crippen LogP contribution in [0.3, 0.4) is 0 Å². The van der Waals surface area contributed by atoms with Crippen LogP contribution in [0, 0.1) is 0 Å². The Morgan fingerprint density at radius 2 is 1.48 bits per heavy atom. The number of unbranched alkanes of at least 4 members (excludes halogenated alkanes) is 5. The molecule has 0 saturated carbocycles. The van der Waals surface area contributed by atoms with Crippen LogP contribution in [0.2, 0.25) is 0 Å². The maximum atomic E-state index is 11.4. The average Bonchev–Trinajstić information content (AvgIpc) is 2.68. The van der Waals surface area contributed by atoms with E-state index < -0.39 is 5.97 Å². The van der Waals surface area contributed by atoms with Gasteiger partial charge in [0, 0.05) is 12.0 Å². The molecule has 0 atom stereocenters. The predicted octanol–water partition coefficient (Wildman–Crippen LogP) is 6.55. The van der Waals surface area contributed by atoms with Gasteiger partial charge >= 0.3 is 5.97 Å². The van der Waals surface area contributed by atoms with Crippen molar-refractivity contribution < 1.29 is 9.90 Å². The van der Waals surface area contributed by atoms with Gasteiger partial charge in [0.2, 0.25) is 0 Å². The highest BCUT2D eigenvalue weighted by Crippen LogP contribution is 2.39. The van der Waals surface area contributed by atoms with Crippen molar-refractivity contribution in [1.82, 2.24) is 0 Å². The minimum atomic E-state index is -0.810. The first kappa shape index (κ1) is 18.0. The van der Waals surface area contributed by atoms with Crippen LogP contribution >= 0.6 is 0 Å². The van der Waals surface area contributed by atoms with Crippen molar-refractivity contribution in [1.29, 1.82) is 0 Å². The molecular formula is C25H28O2. The topological polar surface area (TPSA) is 37.3 Å². The molecule has 0 unspecified atom stereocenters. The van der Waals surface area contributed by atoms with E-state index in [2.05, 4.69) is 37.3 Å². The van der Waals surface area contributed by atoms with Crippen LogP contribution in [0.1, 0.15) is 74.1 Å². The molecule has 27 heavy (non-hydrogen) atoms. The molecule has 140 valence electrons. The largest absolute Gasteiger partial charge is 0.478 e. The molecule has 1 N–H and O–H groups in total. The molecule has 0 aliphatic heterocycles. The van der Waals surface area contributed by atoms with Crippen molar-refractivity contribution in [2.45, 2.75) is 64.7 Å². The van der Waals surface area contributed by atoms with E-state index in [9.17, 15) is 9.90 Å². The van der Waals surface area contributed by atoms with Gasteiger partial charge in [-0.2, -0.15) is 0 Å². The maximum absolute atomic E-state index is 11.4. The van der Waals surface area contributed by atoms with Crippen LogP contribution in [0.15, 0.2) is 35.4 Å². The third-order valence-corrected chi connectivity index (χ3v) is 6.01. The van der Waals surface area contributed by atoms with Gasteiger partial charge in [0.25, 0.3) is 0 Å². The fourth-order valence-electron chi connectivity index (χ4n) is 4.62. The van der Waals surface area contributed by atoms with Gasteiger partial charge in [0.15, 0.2) is 0 Å². The van der Waals surface area contributed by atoms with Crippen molar-refractivity contribution >= 4 is 28.9 Å². The molecule has 2 nitrogen and oxygen atoms in total. The summed E-state index contributed by atoms with van der Waals surface area (Å²) in [5.74, 6) is -0.810. The van der Waals surface area contributed by atoms with Gasteiger partial charge in [-0.1, -0.05) is 74.9 Å². The Labute approximate surface area is 161 Å². The number of rotatable bonds is 8. The molecule has 4 rings (SSSR count). The monoisotopic (exact) mass is 360 g/mol. The molecule has 0 saturated heterocycles. The molecule has 2 heteroatoms. The number of allylic oxidation sites excluding steroid dienone is 1. The highest BCUT2D eigenvalue weighted by molar-refractivity contribution is 6.07. The zero-order valence-corrected chi connectivity index (χ0v) is 16.2. The Bertz CT molecular complexity index is 946. The fourth-order valence-corrected chi connectivity index (χ4v) is 4.62. The molecule has 0 aromatic heterocycles. The van der Waals surface area contributed by atoms with E-state index in [0.29, 0.717) is 12.0 Å². The Morgan fingerprint density at radius 1 is 0.852 bits per heavy atom. The molecule has 0 radical (unpaired) electrons. The molecule has 0 amide bonds. The normalized spacial score (nSPS) is 14.9. The number of hydrogen-bond acceptors (Lipinski definition) is 1. The number of carboxylic acids is 1. The summed E-state index contributed by atoms with van der Waals surface area (Å²) in [5, 5.41) is 12.0. The van der Waals surface area contributed by atoms with Gasteiger partial charge in [0.1, 0.15) is 0 Å². The second-order valence-corrected chi connectivity index (χ2v) is 8.03. The predicted molar refractivity (Wildman–Crippen MR) is 113 cm³/mol. The van der Waals surface area contributed by atoms with Crippen LogP contribution in [-0.2, 0) is 17.6 Å². The molecule has 0 heterocycles. The van der Waals surface area contributed by atoms with Gasteiger partial charge < -0.3 is 5.11 Å². The van der Waals surface area contributed by atoms with Crippen LogP contribution in [-0.4, -0.2) is 11.1 Å². The van der Waals surface area contributed by atoms with Crippen molar-refractivity contribution in [3.63, 3.8) is 0 Å². The smallest absolute Gasteiger partial charge is 0.331 e. The number of benzene rings is 2. The zero-order valence-electron chi connectivity index (χ0n) is 16.2. The van der Waals surface area contributed by atoms with Gasteiger partial charge in [-0.05, 0) is 58.4 Å². The Kier molecular flexibility index (Phi) is 5.15.